The summed E-state index contributed by atoms with van der Waals surface area (Å²) in [5.74, 6) is -6.41. The minimum atomic E-state index is -3.18. The van der Waals surface area contributed by atoms with Crippen LogP contribution < -0.4 is 0 Å². The molecule has 0 saturated carbocycles. The minimum Gasteiger partial charge on any atom is -0.457 e. The second-order valence-corrected chi connectivity index (χ2v) is 15.4. The minimum absolute atomic E-state index is 0.0372. The highest BCUT2D eigenvalue weighted by molar-refractivity contribution is 6.08. The maximum Gasteiger partial charge on any atom is 0.351 e. The van der Waals surface area contributed by atoms with Crippen LogP contribution >= 0.6 is 0 Å². The molecule has 2 bridgehead atoms. The number of ketones is 1. The van der Waals surface area contributed by atoms with Gasteiger partial charge in [0.15, 0.2) is 18.2 Å². The molecule has 3 fully saturated rings. The fourth-order valence-corrected chi connectivity index (χ4v) is 7.90. The van der Waals surface area contributed by atoms with Crippen LogP contribution in [0.1, 0.15) is 88.5 Å². The predicted molar refractivity (Wildman–Crippen MR) is 186 cm³/mol. The van der Waals surface area contributed by atoms with E-state index in [1.54, 1.807) is 20.8 Å². The Bertz CT molecular complexity index is 1350. The number of aliphatic imine (C=N–C) groups is 1. The van der Waals surface area contributed by atoms with E-state index < -0.39 is 89.0 Å². The van der Waals surface area contributed by atoms with E-state index in [2.05, 4.69) is 11.6 Å². The molecule has 290 valence electrons. The monoisotopic (exact) mass is 726 g/mol. The Balaban J connectivity index is 2.36. The quantitative estimate of drug-likeness (QED) is 0.249. The van der Waals surface area contributed by atoms with Gasteiger partial charge >= 0.3 is 11.9 Å². The van der Waals surface area contributed by atoms with Crippen LogP contribution in [0.4, 0.5) is 4.39 Å². The van der Waals surface area contributed by atoms with Crippen LogP contribution in [0.25, 0.3) is 0 Å². The van der Waals surface area contributed by atoms with Gasteiger partial charge in [0.2, 0.25) is 5.91 Å². The average Bonchev–Trinajstić information content (AvgIpc) is 3.03. The summed E-state index contributed by atoms with van der Waals surface area (Å²) in [6, 6.07) is -0.350. The van der Waals surface area contributed by atoms with Gasteiger partial charge in [0, 0.05) is 31.4 Å². The zero-order chi connectivity index (χ0) is 38.8. The molecular formula is C37H59FN2O11. The molecule has 0 unspecified atom stereocenters. The molecule has 51 heavy (non-hydrogen) atoms. The Kier molecular flexibility index (Phi) is 13.9. The number of alkyl halides is 1. The van der Waals surface area contributed by atoms with E-state index >= 15 is 4.39 Å². The van der Waals surface area contributed by atoms with Crippen molar-refractivity contribution in [3.8, 4) is 0 Å². The lowest BCUT2D eigenvalue weighted by molar-refractivity contribution is -0.299. The van der Waals surface area contributed by atoms with Gasteiger partial charge < -0.3 is 38.4 Å². The Morgan fingerprint density at radius 2 is 1.71 bits per heavy atom. The van der Waals surface area contributed by atoms with Gasteiger partial charge in [-0.15, -0.1) is 0 Å². The van der Waals surface area contributed by atoms with Crippen LogP contribution in [0.5, 0.6) is 0 Å². The Morgan fingerprint density at radius 1 is 1.08 bits per heavy atom. The van der Waals surface area contributed by atoms with Crippen molar-refractivity contribution in [3.05, 3.63) is 12.2 Å². The van der Waals surface area contributed by atoms with Crippen LogP contribution in [-0.2, 0) is 47.6 Å². The topological polar surface area (TPSA) is 159 Å². The number of likely N-dealkylation sites (N-methyl/N-ethyl adjacent to an activating group) is 1. The first kappa shape index (κ1) is 42.8. The molecule has 0 aliphatic carbocycles. The molecule has 0 aromatic heterocycles. The number of carbonyl (C=O) groups excluding carboxylic acids is 4. The molecule has 3 heterocycles. The lowest BCUT2D eigenvalue weighted by Crippen LogP contribution is -2.62. The first-order valence-corrected chi connectivity index (χ1v) is 17.8. The van der Waals surface area contributed by atoms with Crippen LogP contribution in [0, 0.1) is 17.8 Å². The Morgan fingerprint density at radius 3 is 2.25 bits per heavy atom. The highest BCUT2D eigenvalue weighted by atomic mass is 19.1. The maximum atomic E-state index is 16.7. The molecule has 13 atom stereocenters. The van der Waals surface area contributed by atoms with Crippen molar-refractivity contribution < 1.29 is 57.1 Å². The van der Waals surface area contributed by atoms with Crippen molar-refractivity contribution in [1.29, 1.82) is 0 Å². The number of hydrogen-bond donors (Lipinski definition) is 1. The highest BCUT2D eigenvalue weighted by Gasteiger charge is 2.57. The van der Waals surface area contributed by atoms with Crippen LogP contribution in [-0.4, -0.2) is 126 Å². The zero-order valence-electron chi connectivity index (χ0n) is 32.3. The number of esters is 2. The number of ether oxygens (including phenoxy) is 6. The molecule has 14 heteroatoms. The highest BCUT2D eigenvalue weighted by Crippen LogP contribution is 2.41. The summed E-state index contributed by atoms with van der Waals surface area (Å²) in [5.41, 5.74) is -5.77. The third-order valence-corrected chi connectivity index (χ3v) is 10.5. The van der Waals surface area contributed by atoms with Gasteiger partial charge in [0.1, 0.15) is 11.7 Å². The standard InChI is InChI=1S/C37H59FN2O11/c1-14-27-37(11,45)32-22(5)28(39-24(7)41)20(3)16-35(9,47-18-19(2)17-46-32)31(23(6)30(43)36(10,38)34(44)50-27)51-33-29(49-25(8)42)26(40(12)13)15-21(4)48-33/h20-23,26-27,29,31-33,45H,2,14-18H2,1,3-13H3/t20-,21-,22+,23+,26+,27-,29-,31-,32-,33+,35-,36+,37-/m1/s1. The number of amides is 1. The summed E-state index contributed by atoms with van der Waals surface area (Å²) < 4.78 is 54.0. The number of cyclic esters (lactones) is 1. The van der Waals surface area contributed by atoms with Gasteiger partial charge in [-0.3, -0.25) is 14.4 Å². The first-order valence-electron chi connectivity index (χ1n) is 17.8. The number of nitrogens with zero attached hydrogens (tertiary/aromatic N) is 2. The lowest BCUT2D eigenvalue weighted by Gasteiger charge is -2.48. The summed E-state index contributed by atoms with van der Waals surface area (Å²) >= 11 is 0. The molecule has 0 spiro atoms. The van der Waals surface area contributed by atoms with E-state index in [9.17, 15) is 24.3 Å². The molecule has 3 saturated heterocycles. The van der Waals surface area contributed by atoms with Gasteiger partial charge in [0.05, 0.1) is 43.2 Å². The van der Waals surface area contributed by atoms with Gasteiger partial charge in [-0.2, -0.15) is 0 Å². The number of rotatable bonds is 5. The van der Waals surface area contributed by atoms with E-state index in [0.717, 1.165) is 6.92 Å². The van der Waals surface area contributed by atoms with E-state index in [1.165, 1.54) is 27.7 Å². The van der Waals surface area contributed by atoms with E-state index in [4.69, 9.17) is 28.4 Å². The van der Waals surface area contributed by atoms with Crippen LogP contribution in [0.3, 0.4) is 0 Å². The van der Waals surface area contributed by atoms with Gasteiger partial charge in [-0.1, -0.05) is 34.3 Å². The smallest absolute Gasteiger partial charge is 0.351 e. The van der Waals surface area contributed by atoms with Gasteiger partial charge in [-0.25, -0.2) is 14.2 Å². The predicted octanol–water partition coefficient (Wildman–Crippen LogP) is 3.77. The number of hydrogen-bond acceptors (Lipinski definition) is 12. The number of halogens is 1. The summed E-state index contributed by atoms with van der Waals surface area (Å²) in [7, 11) is 3.67. The van der Waals surface area contributed by atoms with Crippen molar-refractivity contribution in [2.45, 2.75) is 148 Å². The second-order valence-electron chi connectivity index (χ2n) is 15.4. The molecule has 0 aromatic rings. The summed E-state index contributed by atoms with van der Waals surface area (Å²) in [4.78, 5) is 59.2. The SMILES string of the molecule is C=C1CO[C@@H]2[C@@H](C)C(=NC(C)=O)[C@H](C)C[C@@](C)(OC1)[C@H](O[C@@H]1O[C@H](C)C[C@H](N(C)C)[C@H]1OC(C)=O)[C@@H](C)C(=O)[C@](C)(F)C(=O)O[C@H](CC)[C@@]2(C)O. The molecule has 0 radical (unpaired) electrons. The van der Waals surface area contributed by atoms with Crippen molar-refractivity contribution in [3.63, 3.8) is 0 Å². The van der Waals surface area contributed by atoms with Gasteiger partial charge in [0.25, 0.3) is 5.67 Å². The molecule has 1 amide bonds. The van der Waals surface area contributed by atoms with Crippen molar-refractivity contribution in [2.24, 2.45) is 22.7 Å². The third-order valence-electron chi connectivity index (χ3n) is 10.5. The number of carbonyl (C=O) groups is 4. The second kappa shape index (κ2) is 16.6. The van der Waals surface area contributed by atoms with Crippen molar-refractivity contribution in [1.82, 2.24) is 4.90 Å². The van der Waals surface area contributed by atoms with E-state index in [0.29, 0.717) is 17.7 Å². The number of aliphatic hydroxyl groups is 1. The molecule has 3 rings (SSSR count). The maximum absolute atomic E-state index is 16.7. The normalized spacial score (nSPS) is 42.8. The summed E-state index contributed by atoms with van der Waals surface area (Å²) in [6.45, 7) is 18.9. The van der Waals surface area contributed by atoms with Crippen molar-refractivity contribution in [2.75, 3.05) is 27.3 Å². The number of Topliss-reactive ketones (excluding diaryl/α,β-unsaturated/α-hetero) is 1. The third kappa shape index (κ3) is 9.49. The van der Waals surface area contributed by atoms with E-state index in [-0.39, 0.29) is 38.2 Å². The average molecular weight is 727 g/mol. The summed E-state index contributed by atoms with van der Waals surface area (Å²) in [5, 5.41) is 12.1. The molecule has 3 aliphatic heterocycles. The molecular weight excluding hydrogens is 667 g/mol. The number of fused-ring (bicyclic) bond motifs is 5. The van der Waals surface area contributed by atoms with E-state index in [1.807, 2.05) is 32.8 Å². The fraction of sp³-hybridized carbons (Fsp3) is 0.811. The first-order chi connectivity index (χ1) is 23.5. The molecule has 1 N–H and O–H groups in total. The summed E-state index contributed by atoms with van der Waals surface area (Å²) in [6.07, 6.45) is -5.76. The Labute approximate surface area is 301 Å². The largest absolute Gasteiger partial charge is 0.457 e. The fourth-order valence-electron chi connectivity index (χ4n) is 7.90. The molecule has 13 nitrogen and oxygen atoms in total. The Hall–Kier alpha value is -2.62. The zero-order valence-corrected chi connectivity index (χ0v) is 32.3. The molecule has 0 aromatic carbocycles. The molecule has 3 aliphatic rings. The van der Waals surface area contributed by atoms with Gasteiger partial charge in [-0.05, 0) is 72.5 Å². The van der Waals surface area contributed by atoms with Crippen LogP contribution in [0.15, 0.2) is 17.1 Å². The lowest BCUT2D eigenvalue weighted by atomic mass is 9.73. The van der Waals surface area contributed by atoms with Crippen LogP contribution in [0.2, 0.25) is 0 Å². The van der Waals surface area contributed by atoms with Crippen molar-refractivity contribution >= 4 is 29.3 Å².